The Bertz CT molecular complexity index is 1650. The Labute approximate surface area is 331 Å². The predicted octanol–water partition coefficient (Wildman–Crippen LogP) is 5.45. The van der Waals surface area contributed by atoms with E-state index in [1.54, 1.807) is 30.3 Å². The first kappa shape index (κ1) is 47.7. The third-order valence-electron chi connectivity index (χ3n) is 7.46. The summed E-state index contributed by atoms with van der Waals surface area (Å²) in [7, 11) is -3.80. The van der Waals surface area contributed by atoms with E-state index < -0.39 is 27.8 Å². The van der Waals surface area contributed by atoms with E-state index in [0.29, 0.717) is 91.6 Å². The molecule has 0 bridgehead atoms. The molecule has 0 heterocycles. The molecule has 0 aliphatic heterocycles. The largest absolute Gasteiger partial charge is 0.460 e. The number of hydrogen-bond donors (Lipinski definition) is 1. The molecule has 14 nitrogen and oxygen atoms in total. The number of esters is 1. The van der Waals surface area contributed by atoms with Crippen molar-refractivity contribution in [3.05, 3.63) is 89.5 Å². The lowest BCUT2D eigenvalue weighted by atomic mass is 10.1. The summed E-state index contributed by atoms with van der Waals surface area (Å²) in [5.74, 6) is -0.638. The lowest BCUT2D eigenvalue weighted by Gasteiger charge is -2.13. The summed E-state index contributed by atoms with van der Waals surface area (Å²) in [6.07, 6.45) is -4.48. The summed E-state index contributed by atoms with van der Waals surface area (Å²) in [6.45, 7) is 7.33. The highest BCUT2D eigenvalue weighted by molar-refractivity contribution is 7.86. The van der Waals surface area contributed by atoms with Gasteiger partial charge >= 0.3 is 12.1 Å². The van der Waals surface area contributed by atoms with Crippen molar-refractivity contribution in [3.63, 3.8) is 0 Å². The molecule has 0 saturated carbocycles. The summed E-state index contributed by atoms with van der Waals surface area (Å²) in [5.41, 5.74) is 0.837. The fourth-order valence-corrected chi connectivity index (χ4v) is 5.48. The Morgan fingerprint density at radius 2 is 1.00 bits per heavy atom. The number of nitrogens with one attached hydrogen (secondary N) is 1. The first-order valence-electron chi connectivity index (χ1n) is 18.3. The Morgan fingerprint density at radius 1 is 0.561 bits per heavy atom. The zero-order valence-electron chi connectivity index (χ0n) is 32.0. The van der Waals surface area contributed by atoms with Crippen LogP contribution in [0.4, 0.5) is 24.5 Å². The molecule has 0 fully saturated rings. The number of alkyl halides is 3. The molecule has 57 heavy (non-hydrogen) atoms. The molecule has 0 radical (unpaired) electrons. The molecule has 3 rings (SSSR count). The van der Waals surface area contributed by atoms with Gasteiger partial charge in [-0.05, 0) is 49.4 Å². The number of halogens is 3. The maximum atomic E-state index is 13.1. The molecule has 0 atom stereocenters. The van der Waals surface area contributed by atoms with Crippen LogP contribution in [-0.4, -0.2) is 133 Å². The second-order valence-electron chi connectivity index (χ2n) is 11.9. The Hall–Kier alpha value is -3.69. The van der Waals surface area contributed by atoms with Crippen molar-refractivity contribution in [3.8, 4) is 0 Å². The van der Waals surface area contributed by atoms with Crippen molar-refractivity contribution in [2.45, 2.75) is 18.0 Å². The van der Waals surface area contributed by atoms with Crippen LogP contribution < -0.4 is 5.32 Å². The van der Waals surface area contributed by atoms with Gasteiger partial charge in [-0.25, -0.2) is 4.79 Å². The van der Waals surface area contributed by atoms with Gasteiger partial charge in [-0.3, -0.25) is 4.18 Å². The van der Waals surface area contributed by atoms with Crippen LogP contribution in [0.2, 0.25) is 0 Å². The molecule has 0 aliphatic rings. The minimum absolute atomic E-state index is 0.0135. The van der Waals surface area contributed by atoms with E-state index in [9.17, 15) is 26.4 Å². The van der Waals surface area contributed by atoms with Gasteiger partial charge in [0.25, 0.3) is 10.1 Å². The van der Waals surface area contributed by atoms with Crippen molar-refractivity contribution < 1.29 is 73.2 Å². The lowest BCUT2D eigenvalue weighted by Crippen LogP contribution is -2.16. The van der Waals surface area contributed by atoms with E-state index >= 15 is 0 Å². The van der Waals surface area contributed by atoms with Crippen LogP contribution in [0.25, 0.3) is 0 Å². The van der Waals surface area contributed by atoms with Gasteiger partial charge in [-0.1, -0.05) is 35.9 Å². The molecule has 0 aliphatic carbocycles. The zero-order valence-corrected chi connectivity index (χ0v) is 32.8. The zero-order chi connectivity index (χ0) is 41.0. The highest BCUT2D eigenvalue weighted by Crippen LogP contribution is 2.32. The minimum Gasteiger partial charge on any atom is -0.460 e. The van der Waals surface area contributed by atoms with Crippen LogP contribution >= 0.6 is 0 Å². The number of benzene rings is 3. The number of anilines is 2. The number of ether oxygens (including phenoxy) is 9. The molecule has 3 aromatic carbocycles. The smallest absolute Gasteiger partial charge is 0.416 e. The molecular weight excluding hydrogens is 779 g/mol. The van der Waals surface area contributed by atoms with Crippen LogP contribution in [0.1, 0.15) is 21.5 Å². The molecule has 0 unspecified atom stereocenters. The molecule has 0 saturated heterocycles. The normalized spacial score (nSPS) is 11.9. The molecular formula is C39H52F3NO13S. The van der Waals surface area contributed by atoms with E-state index in [1.165, 1.54) is 30.3 Å². The van der Waals surface area contributed by atoms with Crippen molar-refractivity contribution >= 4 is 27.5 Å². The van der Waals surface area contributed by atoms with Gasteiger partial charge in [0.1, 0.15) is 6.61 Å². The van der Waals surface area contributed by atoms with Gasteiger partial charge in [0.2, 0.25) is 0 Å². The number of carbonyl (C=O) groups is 1. The van der Waals surface area contributed by atoms with Gasteiger partial charge in [0.15, 0.2) is 0 Å². The molecule has 0 amide bonds. The lowest BCUT2D eigenvalue weighted by molar-refractivity contribution is -0.137. The van der Waals surface area contributed by atoms with E-state index in [0.717, 1.165) is 17.7 Å². The second kappa shape index (κ2) is 27.9. The maximum absolute atomic E-state index is 13.1. The SMILES string of the molecule is Cc1ccc(S(=O)(=O)OCCOCCOCCOCCOCCOCCOCCOCCOCCOC(=O)c2ccccc2Nc2cccc(C(F)(F)F)c2)cc1. The van der Waals surface area contributed by atoms with Crippen molar-refractivity contribution in [2.75, 3.05) is 124 Å². The molecule has 318 valence electrons. The summed E-state index contributed by atoms with van der Waals surface area (Å²) in [6, 6.07) is 17.5. The number of aryl methyl sites for hydroxylation is 1. The van der Waals surface area contributed by atoms with Crippen LogP contribution in [0.5, 0.6) is 0 Å². The van der Waals surface area contributed by atoms with Crippen LogP contribution in [0.15, 0.2) is 77.7 Å². The highest BCUT2D eigenvalue weighted by atomic mass is 32.2. The molecule has 0 spiro atoms. The predicted molar refractivity (Wildman–Crippen MR) is 202 cm³/mol. The van der Waals surface area contributed by atoms with Gasteiger partial charge < -0.3 is 47.9 Å². The molecule has 3 aromatic rings. The van der Waals surface area contributed by atoms with Crippen molar-refractivity contribution in [1.29, 1.82) is 0 Å². The summed E-state index contributed by atoms with van der Waals surface area (Å²) >= 11 is 0. The topological polar surface area (TPSA) is 156 Å². The summed E-state index contributed by atoms with van der Waals surface area (Å²) < 4.78 is 117. The van der Waals surface area contributed by atoms with Gasteiger partial charge in [0.05, 0.1) is 134 Å². The van der Waals surface area contributed by atoms with E-state index in [2.05, 4.69) is 5.32 Å². The minimum atomic E-state index is -4.48. The van der Waals surface area contributed by atoms with E-state index in [4.69, 9.17) is 46.8 Å². The Kier molecular flexibility index (Phi) is 23.3. The first-order chi connectivity index (χ1) is 27.6. The van der Waals surface area contributed by atoms with Gasteiger partial charge in [0, 0.05) is 5.69 Å². The standard InChI is InChI=1S/C39H52F3NO13S/c1-32-9-11-35(12-10-32)57(45,46)56-30-28-54-26-24-52-22-20-50-18-16-48-14-13-47-15-17-49-19-21-51-23-25-53-27-29-55-38(44)36-7-2-3-8-37(36)43-34-6-4-5-33(31-34)39(40,41)42/h2-12,31,43H,13-30H2,1H3. The number of para-hydroxylation sites is 1. The average Bonchev–Trinajstić information content (AvgIpc) is 3.19. The molecule has 1 N–H and O–H groups in total. The average molecular weight is 832 g/mol. The van der Waals surface area contributed by atoms with E-state index in [-0.39, 0.29) is 49.2 Å². The second-order valence-corrected chi connectivity index (χ2v) is 13.5. The monoisotopic (exact) mass is 831 g/mol. The van der Waals surface area contributed by atoms with Gasteiger partial charge in [-0.2, -0.15) is 21.6 Å². The molecule has 0 aromatic heterocycles. The van der Waals surface area contributed by atoms with Gasteiger partial charge in [-0.15, -0.1) is 0 Å². The van der Waals surface area contributed by atoms with Crippen molar-refractivity contribution in [1.82, 2.24) is 0 Å². The Morgan fingerprint density at radius 3 is 1.47 bits per heavy atom. The van der Waals surface area contributed by atoms with Crippen LogP contribution in [-0.2, 0) is 63.1 Å². The quantitative estimate of drug-likeness (QED) is 0.0482. The van der Waals surface area contributed by atoms with Crippen LogP contribution in [0.3, 0.4) is 0 Å². The first-order valence-corrected chi connectivity index (χ1v) is 19.8. The third kappa shape index (κ3) is 21.0. The molecule has 18 heteroatoms. The fraction of sp³-hybridized carbons (Fsp3) is 0.513. The Balaban J connectivity index is 1.02. The summed E-state index contributed by atoms with van der Waals surface area (Å²) in [4.78, 5) is 12.7. The third-order valence-corrected chi connectivity index (χ3v) is 8.78. The van der Waals surface area contributed by atoms with Crippen molar-refractivity contribution in [2.24, 2.45) is 0 Å². The number of carbonyl (C=O) groups excluding carboxylic acids is 1. The number of hydrogen-bond acceptors (Lipinski definition) is 14. The highest BCUT2D eigenvalue weighted by Gasteiger charge is 2.30. The number of rotatable bonds is 32. The van der Waals surface area contributed by atoms with Crippen LogP contribution in [0, 0.1) is 6.92 Å². The van der Waals surface area contributed by atoms with E-state index in [1.807, 2.05) is 6.92 Å². The summed E-state index contributed by atoms with van der Waals surface area (Å²) in [5, 5.41) is 2.85. The maximum Gasteiger partial charge on any atom is 0.416 e. The fourth-order valence-electron chi connectivity index (χ4n) is 4.59.